The van der Waals surface area contributed by atoms with Crippen LogP contribution < -0.4 is 0 Å². The van der Waals surface area contributed by atoms with E-state index >= 15 is 0 Å². The highest BCUT2D eigenvalue weighted by molar-refractivity contribution is 6.00. The molecule has 0 aliphatic carbocycles. The Hall–Kier alpha value is -1.53. The standard InChI is InChI=1S/C9H12N6O/c1-2-3-4-5-6-8(11-10-6)7(16)9(13-12-8)14-15-9/h6H,2-5H2,1H3. The second-order valence-electron chi connectivity index (χ2n) is 4.32. The van der Waals surface area contributed by atoms with E-state index in [9.17, 15) is 4.79 Å². The zero-order chi connectivity index (χ0) is 11.2. The van der Waals surface area contributed by atoms with Crippen LogP contribution in [-0.4, -0.2) is 23.3 Å². The van der Waals surface area contributed by atoms with Gasteiger partial charge in [-0.05, 0) is 6.42 Å². The number of ketones is 1. The quantitative estimate of drug-likeness (QED) is 0.668. The predicted octanol–water partition coefficient (Wildman–Crippen LogP) is 2.25. The molecule has 84 valence electrons. The SMILES string of the molecule is CCCCCC1N=NC12N=NC1(N=N1)C2=O. The Bertz CT molecular complexity index is 422. The summed E-state index contributed by atoms with van der Waals surface area (Å²) in [6.07, 6.45) is 4.14. The van der Waals surface area contributed by atoms with Gasteiger partial charge in [-0.3, -0.25) is 4.79 Å². The number of hydrogen-bond donors (Lipinski definition) is 0. The second kappa shape index (κ2) is 2.99. The van der Waals surface area contributed by atoms with Crippen molar-refractivity contribution in [2.45, 2.75) is 50.1 Å². The number of azo groups is 2. The predicted molar refractivity (Wildman–Crippen MR) is 53.0 cm³/mol. The van der Waals surface area contributed by atoms with Gasteiger partial charge < -0.3 is 0 Å². The van der Waals surface area contributed by atoms with Gasteiger partial charge in [0, 0.05) is 0 Å². The Morgan fingerprint density at radius 2 is 1.88 bits per heavy atom. The van der Waals surface area contributed by atoms with Crippen LogP contribution >= 0.6 is 0 Å². The Kier molecular flexibility index (Phi) is 1.81. The first kappa shape index (κ1) is 9.68. The molecule has 2 atom stereocenters. The maximum atomic E-state index is 12.0. The Labute approximate surface area is 92.1 Å². The molecule has 0 bridgehead atoms. The smallest absolute Gasteiger partial charge is 0.287 e. The Morgan fingerprint density at radius 1 is 1.12 bits per heavy atom. The van der Waals surface area contributed by atoms with Crippen LogP contribution in [0.3, 0.4) is 0 Å². The van der Waals surface area contributed by atoms with E-state index in [1.165, 1.54) is 0 Å². The lowest BCUT2D eigenvalue weighted by Crippen LogP contribution is -2.51. The zero-order valence-corrected chi connectivity index (χ0v) is 9.00. The molecule has 2 spiro atoms. The van der Waals surface area contributed by atoms with Gasteiger partial charge >= 0.3 is 5.79 Å². The van der Waals surface area contributed by atoms with Crippen LogP contribution in [-0.2, 0) is 4.79 Å². The average molecular weight is 220 g/mol. The number of nitrogens with zero attached hydrogens (tertiary/aromatic N) is 6. The molecule has 0 fully saturated rings. The number of Topliss-reactive ketones (excluding diaryl/α,β-unsaturated/α-hetero) is 1. The summed E-state index contributed by atoms with van der Waals surface area (Å²) < 4.78 is 0. The molecule has 0 radical (unpaired) electrons. The van der Waals surface area contributed by atoms with E-state index in [1.807, 2.05) is 0 Å². The fraction of sp³-hybridized carbons (Fsp3) is 0.889. The van der Waals surface area contributed by atoms with E-state index in [0.717, 1.165) is 25.7 Å². The second-order valence-corrected chi connectivity index (χ2v) is 4.32. The minimum atomic E-state index is -1.22. The largest absolute Gasteiger partial charge is 0.362 e. The summed E-state index contributed by atoms with van der Waals surface area (Å²) in [4.78, 5) is 12.0. The molecular formula is C9H12N6O. The van der Waals surface area contributed by atoms with Crippen LogP contribution in [0.2, 0.25) is 0 Å². The normalized spacial score (nSPS) is 36.3. The maximum absolute atomic E-state index is 12.0. The minimum Gasteiger partial charge on any atom is -0.287 e. The molecule has 0 saturated carbocycles. The van der Waals surface area contributed by atoms with Crippen LogP contribution in [0.1, 0.15) is 32.6 Å². The summed E-state index contributed by atoms with van der Waals surface area (Å²) in [7, 11) is 0. The van der Waals surface area contributed by atoms with Crippen molar-refractivity contribution in [3.63, 3.8) is 0 Å². The van der Waals surface area contributed by atoms with Crippen molar-refractivity contribution in [2.75, 3.05) is 0 Å². The van der Waals surface area contributed by atoms with Crippen molar-refractivity contribution in [1.82, 2.24) is 0 Å². The molecule has 3 heterocycles. The molecule has 0 amide bonds. The monoisotopic (exact) mass is 220 g/mol. The third-order valence-corrected chi connectivity index (χ3v) is 3.17. The Balaban J connectivity index is 1.69. The van der Waals surface area contributed by atoms with E-state index in [4.69, 9.17) is 0 Å². The van der Waals surface area contributed by atoms with E-state index in [0.29, 0.717) is 0 Å². The molecule has 0 aromatic rings. The lowest BCUT2D eigenvalue weighted by atomic mass is 9.89. The summed E-state index contributed by atoms with van der Waals surface area (Å²) in [5.41, 5.74) is -1.07. The van der Waals surface area contributed by atoms with Gasteiger partial charge in [-0.1, -0.05) is 26.2 Å². The molecule has 16 heavy (non-hydrogen) atoms. The summed E-state index contributed by atoms with van der Waals surface area (Å²) in [6.45, 7) is 2.13. The van der Waals surface area contributed by atoms with E-state index in [2.05, 4.69) is 37.6 Å². The third-order valence-electron chi connectivity index (χ3n) is 3.17. The van der Waals surface area contributed by atoms with Crippen molar-refractivity contribution in [2.24, 2.45) is 30.7 Å². The number of carbonyl (C=O) groups is 1. The van der Waals surface area contributed by atoms with Gasteiger partial charge in [0.25, 0.3) is 11.4 Å². The highest BCUT2D eigenvalue weighted by atomic mass is 16.2. The van der Waals surface area contributed by atoms with Gasteiger partial charge in [-0.15, -0.1) is 25.6 Å². The fourth-order valence-electron chi connectivity index (χ4n) is 2.04. The molecule has 2 unspecified atom stereocenters. The first-order valence-corrected chi connectivity index (χ1v) is 5.58. The van der Waals surface area contributed by atoms with E-state index in [1.54, 1.807) is 0 Å². The van der Waals surface area contributed by atoms with Crippen LogP contribution in [0.15, 0.2) is 30.7 Å². The lowest BCUT2D eigenvalue weighted by Gasteiger charge is -2.31. The highest BCUT2D eigenvalue weighted by Gasteiger charge is 2.69. The molecule has 3 rings (SSSR count). The van der Waals surface area contributed by atoms with Crippen molar-refractivity contribution in [3.05, 3.63) is 0 Å². The average Bonchev–Trinajstić information content (AvgIpc) is 2.97. The van der Waals surface area contributed by atoms with Gasteiger partial charge in [-0.2, -0.15) is 5.11 Å². The van der Waals surface area contributed by atoms with Crippen molar-refractivity contribution >= 4 is 5.78 Å². The van der Waals surface area contributed by atoms with Crippen molar-refractivity contribution < 1.29 is 4.79 Å². The van der Waals surface area contributed by atoms with Gasteiger partial charge in [0.15, 0.2) is 0 Å². The molecular weight excluding hydrogens is 208 g/mol. The molecule has 0 saturated heterocycles. The molecule has 3 aliphatic rings. The van der Waals surface area contributed by atoms with Crippen LogP contribution in [0, 0.1) is 0 Å². The summed E-state index contributed by atoms with van der Waals surface area (Å²) in [5.74, 6) is -1.45. The molecule has 7 nitrogen and oxygen atoms in total. The third kappa shape index (κ3) is 1.05. The summed E-state index contributed by atoms with van der Waals surface area (Å²) >= 11 is 0. The first-order chi connectivity index (χ1) is 7.73. The lowest BCUT2D eigenvalue weighted by molar-refractivity contribution is -0.127. The van der Waals surface area contributed by atoms with Crippen molar-refractivity contribution in [3.8, 4) is 0 Å². The van der Waals surface area contributed by atoms with Crippen LogP contribution in [0.5, 0.6) is 0 Å². The molecule has 3 aliphatic heterocycles. The highest BCUT2D eigenvalue weighted by Crippen LogP contribution is 2.49. The van der Waals surface area contributed by atoms with Crippen molar-refractivity contribution in [1.29, 1.82) is 0 Å². The topological polar surface area (TPSA) is 91.2 Å². The molecule has 0 aromatic carbocycles. The maximum Gasteiger partial charge on any atom is 0.362 e. The van der Waals surface area contributed by atoms with E-state index < -0.39 is 11.4 Å². The zero-order valence-electron chi connectivity index (χ0n) is 9.00. The van der Waals surface area contributed by atoms with Gasteiger partial charge in [0.1, 0.15) is 6.04 Å². The number of hydrogen-bond acceptors (Lipinski definition) is 7. The van der Waals surface area contributed by atoms with Gasteiger partial charge in [0.05, 0.1) is 0 Å². The van der Waals surface area contributed by atoms with Gasteiger partial charge in [-0.25, -0.2) is 0 Å². The van der Waals surface area contributed by atoms with Crippen LogP contribution in [0.25, 0.3) is 0 Å². The molecule has 0 N–H and O–H groups in total. The summed E-state index contributed by atoms with van der Waals surface area (Å²) in [5, 5.41) is 22.9. The van der Waals surface area contributed by atoms with Gasteiger partial charge in [0.2, 0.25) is 0 Å². The summed E-state index contributed by atoms with van der Waals surface area (Å²) in [6, 6.07) is -0.152. The minimum absolute atomic E-state index is 0.152. The number of rotatable bonds is 4. The molecule has 0 aromatic heterocycles. The number of carbonyl (C=O) groups excluding carboxylic acids is 1. The Morgan fingerprint density at radius 3 is 2.38 bits per heavy atom. The number of unbranched alkanes of at least 4 members (excludes halogenated alkanes) is 2. The molecule has 7 heteroatoms. The fourth-order valence-corrected chi connectivity index (χ4v) is 2.04. The van der Waals surface area contributed by atoms with E-state index in [-0.39, 0.29) is 11.8 Å². The first-order valence-electron chi connectivity index (χ1n) is 5.58. The van der Waals surface area contributed by atoms with Crippen LogP contribution in [0.4, 0.5) is 0 Å².